The Morgan fingerprint density at radius 3 is 2.65 bits per heavy atom. The molecule has 2 atom stereocenters. The van der Waals surface area contributed by atoms with E-state index < -0.39 is 0 Å². The lowest BCUT2D eigenvalue weighted by molar-refractivity contribution is 0.0851. The fraction of sp³-hybridized carbons (Fsp3) is 0.538. The van der Waals surface area contributed by atoms with Crippen molar-refractivity contribution in [1.29, 1.82) is 0 Å². The number of hydrogen-bond donors (Lipinski definition) is 1. The van der Waals surface area contributed by atoms with Crippen LogP contribution >= 0.6 is 0 Å². The van der Waals surface area contributed by atoms with E-state index in [1.54, 1.807) is 7.11 Å². The van der Waals surface area contributed by atoms with E-state index in [1.807, 2.05) is 12.1 Å². The Hall–Kier alpha value is -2.08. The molecular weight excluding hydrogens is 388 g/mol. The van der Waals surface area contributed by atoms with E-state index in [0.717, 1.165) is 50.5 Å². The van der Waals surface area contributed by atoms with Gasteiger partial charge in [-0.25, -0.2) is 0 Å². The van der Waals surface area contributed by atoms with Crippen LogP contribution in [0.1, 0.15) is 48.3 Å². The molecule has 5 heteroatoms. The molecule has 2 aromatic rings. The number of fused-ring (bicyclic) bond motifs is 1. The molecule has 2 heterocycles. The molecule has 1 saturated heterocycles. The monoisotopic (exact) mass is 424 g/mol. The van der Waals surface area contributed by atoms with Crippen LogP contribution in [0, 0.1) is 0 Å². The molecule has 0 bridgehead atoms. The number of methoxy groups -OCH3 is 1. The molecule has 1 N–H and O–H groups in total. The summed E-state index contributed by atoms with van der Waals surface area (Å²) >= 11 is 0. The third kappa shape index (κ3) is 5.40. The minimum absolute atomic E-state index is 0.272. The van der Waals surface area contributed by atoms with Crippen molar-refractivity contribution in [2.45, 2.75) is 44.2 Å². The molecule has 0 aliphatic carbocycles. The lowest BCUT2D eigenvalue weighted by Gasteiger charge is -2.34. The average molecular weight is 425 g/mol. The number of likely N-dealkylation sites (N-methyl/N-ethyl adjacent to an activating group) is 1. The number of likely N-dealkylation sites (tertiary alicyclic amines) is 1. The van der Waals surface area contributed by atoms with Crippen molar-refractivity contribution in [2.75, 3.05) is 47.0 Å². The summed E-state index contributed by atoms with van der Waals surface area (Å²) < 4.78 is 11.4. The third-order valence-corrected chi connectivity index (χ3v) is 6.76. The summed E-state index contributed by atoms with van der Waals surface area (Å²) in [5.74, 6) is 2.22. The van der Waals surface area contributed by atoms with E-state index in [0.29, 0.717) is 18.6 Å². The van der Waals surface area contributed by atoms with Gasteiger partial charge in [-0.1, -0.05) is 24.6 Å². The van der Waals surface area contributed by atoms with E-state index in [2.05, 4.69) is 47.2 Å². The normalized spacial score (nSPS) is 22.2. The summed E-state index contributed by atoms with van der Waals surface area (Å²) in [5, 5.41) is 9.58. The highest BCUT2D eigenvalue weighted by molar-refractivity contribution is 5.45. The van der Waals surface area contributed by atoms with Crippen LogP contribution in [-0.4, -0.2) is 68.0 Å². The molecular formula is C26H36N2O3. The first-order valence-electron chi connectivity index (χ1n) is 11.6. The van der Waals surface area contributed by atoms with Crippen molar-refractivity contribution in [1.82, 2.24) is 9.80 Å². The number of ether oxygens (including phenoxy) is 2. The van der Waals surface area contributed by atoms with Crippen molar-refractivity contribution < 1.29 is 14.6 Å². The molecule has 2 aliphatic rings. The quantitative estimate of drug-likeness (QED) is 0.652. The fourth-order valence-corrected chi connectivity index (χ4v) is 5.05. The van der Waals surface area contributed by atoms with Gasteiger partial charge >= 0.3 is 0 Å². The largest absolute Gasteiger partial charge is 0.497 e. The highest BCUT2D eigenvalue weighted by Gasteiger charge is 2.25. The van der Waals surface area contributed by atoms with Gasteiger partial charge in [0.2, 0.25) is 0 Å². The van der Waals surface area contributed by atoms with E-state index >= 15 is 0 Å². The smallest absolute Gasteiger partial charge is 0.119 e. The number of aliphatic hydroxyl groups is 1. The maximum atomic E-state index is 9.58. The van der Waals surface area contributed by atoms with Crippen LogP contribution in [0.4, 0.5) is 0 Å². The van der Waals surface area contributed by atoms with Crippen molar-refractivity contribution in [2.24, 2.45) is 0 Å². The molecule has 0 amide bonds. The molecule has 2 unspecified atom stereocenters. The fourth-order valence-electron chi connectivity index (χ4n) is 5.05. The summed E-state index contributed by atoms with van der Waals surface area (Å²) in [6, 6.07) is 15.4. The van der Waals surface area contributed by atoms with Gasteiger partial charge in [0.25, 0.3) is 0 Å². The molecule has 2 aromatic carbocycles. The first-order valence-corrected chi connectivity index (χ1v) is 11.6. The number of aliphatic hydroxyl groups excluding tert-OH is 1. The Morgan fingerprint density at radius 2 is 1.87 bits per heavy atom. The van der Waals surface area contributed by atoms with Gasteiger partial charge in [0.1, 0.15) is 11.5 Å². The number of hydrogen-bond acceptors (Lipinski definition) is 5. The minimum Gasteiger partial charge on any atom is -0.497 e. The zero-order chi connectivity index (χ0) is 21.6. The zero-order valence-electron chi connectivity index (χ0n) is 18.9. The van der Waals surface area contributed by atoms with Gasteiger partial charge in [-0.2, -0.15) is 0 Å². The predicted octanol–water partition coefficient (Wildman–Crippen LogP) is 3.89. The van der Waals surface area contributed by atoms with E-state index in [9.17, 15) is 5.11 Å². The maximum Gasteiger partial charge on any atom is 0.119 e. The standard InChI is InChI=1S/C26H36N2O3/c1-27-17-21-16-24(31-15-5-14-28-13-4-3-6-22(28)19-29)11-12-25(21)26(18-27)20-7-9-23(30-2)10-8-20/h7-12,16,22,26,29H,3-6,13-15,17-19H2,1-2H3. The van der Waals surface area contributed by atoms with E-state index in [4.69, 9.17) is 9.47 Å². The Kier molecular flexibility index (Phi) is 7.49. The predicted molar refractivity (Wildman–Crippen MR) is 124 cm³/mol. The van der Waals surface area contributed by atoms with Gasteiger partial charge < -0.3 is 19.5 Å². The van der Waals surface area contributed by atoms with E-state index in [1.165, 1.54) is 29.5 Å². The maximum absolute atomic E-state index is 9.58. The second-order valence-corrected chi connectivity index (χ2v) is 8.95. The van der Waals surface area contributed by atoms with Gasteiger partial charge in [0, 0.05) is 31.6 Å². The van der Waals surface area contributed by atoms with Crippen molar-refractivity contribution in [3.05, 3.63) is 59.2 Å². The Morgan fingerprint density at radius 1 is 1.06 bits per heavy atom. The van der Waals surface area contributed by atoms with Gasteiger partial charge in [0.15, 0.2) is 0 Å². The number of benzene rings is 2. The third-order valence-electron chi connectivity index (χ3n) is 6.76. The molecule has 5 nitrogen and oxygen atoms in total. The lowest BCUT2D eigenvalue weighted by Crippen LogP contribution is -2.42. The molecule has 1 fully saturated rings. The highest BCUT2D eigenvalue weighted by Crippen LogP contribution is 2.35. The summed E-state index contributed by atoms with van der Waals surface area (Å²) in [7, 11) is 3.89. The van der Waals surface area contributed by atoms with Crippen LogP contribution in [0.3, 0.4) is 0 Å². The zero-order valence-corrected chi connectivity index (χ0v) is 18.9. The first kappa shape index (κ1) is 22.1. The summed E-state index contributed by atoms with van der Waals surface area (Å²) in [6.45, 7) is 5.05. The van der Waals surface area contributed by atoms with Crippen molar-refractivity contribution in [3.8, 4) is 11.5 Å². The van der Waals surface area contributed by atoms with E-state index in [-0.39, 0.29) is 6.61 Å². The number of piperidine rings is 1. The Bertz CT molecular complexity index is 839. The van der Waals surface area contributed by atoms with Gasteiger partial charge in [-0.15, -0.1) is 0 Å². The first-order chi connectivity index (χ1) is 15.2. The molecule has 0 spiro atoms. The molecule has 0 saturated carbocycles. The molecule has 4 rings (SSSR count). The van der Waals surface area contributed by atoms with Crippen LogP contribution in [0.25, 0.3) is 0 Å². The lowest BCUT2D eigenvalue weighted by atomic mass is 9.84. The molecule has 168 valence electrons. The van der Waals surface area contributed by atoms with Gasteiger partial charge in [-0.3, -0.25) is 4.90 Å². The number of nitrogens with zero attached hydrogens (tertiary/aromatic N) is 2. The summed E-state index contributed by atoms with van der Waals surface area (Å²) in [4.78, 5) is 4.81. The van der Waals surface area contributed by atoms with Crippen molar-refractivity contribution >= 4 is 0 Å². The molecule has 0 radical (unpaired) electrons. The Balaban J connectivity index is 1.37. The highest BCUT2D eigenvalue weighted by atomic mass is 16.5. The van der Waals surface area contributed by atoms with Crippen LogP contribution < -0.4 is 9.47 Å². The summed E-state index contributed by atoms with van der Waals surface area (Å²) in [5.41, 5.74) is 4.07. The van der Waals surface area contributed by atoms with Crippen molar-refractivity contribution in [3.63, 3.8) is 0 Å². The van der Waals surface area contributed by atoms with Crippen LogP contribution in [0.5, 0.6) is 11.5 Å². The molecule has 31 heavy (non-hydrogen) atoms. The van der Waals surface area contributed by atoms with Crippen LogP contribution in [0.15, 0.2) is 42.5 Å². The van der Waals surface area contributed by atoms with Crippen LogP contribution in [0.2, 0.25) is 0 Å². The molecule has 0 aromatic heterocycles. The second-order valence-electron chi connectivity index (χ2n) is 8.95. The van der Waals surface area contributed by atoms with Crippen LogP contribution in [-0.2, 0) is 6.54 Å². The topological polar surface area (TPSA) is 45.2 Å². The Labute approximate surface area is 186 Å². The second kappa shape index (κ2) is 10.5. The van der Waals surface area contributed by atoms with Gasteiger partial charge in [0.05, 0.1) is 20.3 Å². The average Bonchev–Trinajstić information content (AvgIpc) is 2.81. The SMILES string of the molecule is COc1ccc(C2CN(C)Cc3cc(OCCCN4CCCCC4CO)ccc32)cc1. The minimum atomic E-state index is 0.272. The summed E-state index contributed by atoms with van der Waals surface area (Å²) in [6.07, 6.45) is 4.58. The molecule has 2 aliphatic heterocycles. The van der Waals surface area contributed by atoms with Gasteiger partial charge in [-0.05, 0) is 73.8 Å². The number of rotatable bonds is 8.